The quantitative estimate of drug-likeness (QED) is 0.397. The molecule has 0 unspecified atom stereocenters. The second-order valence-corrected chi connectivity index (χ2v) is 11.4. The summed E-state index contributed by atoms with van der Waals surface area (Å²) in [6, 6.07) is 0. The van der Waals surface area contributed by atoms with Crippen LogP contribution in [0.4, 0.5) is 0 Å². The van der Waals surface area contributed by atoms with Crippen LogP contribution in [0.3, 0.4) is 0 Å². The predicted octanol–water partition coefficient (Wildman–Crippen LogP) is 3.44. The lowest BCUT2D eigenvalue weighted by Gasteiger charge is -2.31. The third-order valence-corrected chi connectivity index (χ3v) is 4.67. The molecule has 2 fully saturated rings. The Kier molecular flexibility index (Phi) is 2.99. The number of carbonyl (C=O) groups is 1. The molecule has 16 heavy (non-hydrogen) atoms. The Morgan fingerprint density at radius 2 is 1.81 bits per heavy atom. The molecule has 0 aromatic rings. The van der Waals surface area contributed by atoms with Crippen LogP contribution >= 0.6 is 0 Å². The number of rotatable bonds is 1. The van der Waals surface area contributed by atoms with Gasteiger partial charge in [-0.1, -0.05) is 31.8 Å². The van der Waals surface area contributed by atoms with Gasteiger partial charge in [0.1, 0.15) is 5.60 Å². The van der Waals surface area contributed by atoms with Gasteiger partial charge >= 0.3 is 5.97 Å². The van der Waals surface area contributed by atoms with Gasteiger partial charge < -0.3 is 4.74 Å². The van der Waals surface area contributed by atoms with Gasteiger partial charge in [0.15, 0.2) is 0 Å². The van der Waals surface area contributed by atoms with Crippen molar-refractivity contribution in [3.63, 3.8) is 0 Å². The molecule has 2 aliphatic rings. The molecule has 1 spiro atoms. The van der Waals surface area contributed by atoms with E-state index in [1.807, 2.05) is 0 Å². The topological polar surface area (TPSA) is 26.3 Å². The van der Waals surface area contributed by atoms with Gasteiger partial charge in [-0.2, -0.15) is 0 Å². The number of ether oxygens (including phenoxy) is 1. The van der Waals surface area contributed by atoms with Gasteiger partial charge in [0, 0.05) is 12.0 Å². The molecule has 1 aliphatic carbocycles. The Bertz CT molecular complexity index is 319. The summed E-state index contributed by atoms with van der Waals surface area (Å²) < 4.78 is 5.66. The molecular weight excluding hydrogens is 216 g/mol. The van der Waals surface area contributed by atoms with Gasteiger partial charge in [0.25, 0.3) is 0 Å². The minimum Gasteiger partial charge on any atom is -0.455 e. The molecule has 0 aromatic heterocycles. The smallest absolute Gasteiger partial charge is 0.334 e. The predicted molar refractivity (Wildman–Crippen MR) is 68.0 cm³/mol. The highest BCUT2D eigenvalue weighted by molar-refractivity contribution is 6.81. The van der Waals surface area contributed by atoms with E-state index in [-0.39, 0.29) is 11.6 Å². The second-order valence-electron chi connectivity index (χ2n) is 6.35. The maximum Gasteiger partial charge on any atom is 0.334 e. The first-order valence-electron chi connectivity index (χ1n) is 6.35. The fourth-order valence-corrected chi connectivity index (χ4v) is 4.09. The van der Waals surface area contributed by atoms with E-state index in [9.17, 15) is 4.79 Å². The molecule has 2 nitrogen and oxygen atoms in total. The molecule has 3 heteroatoms. The van der Waals surface area contributed by atoms with Gasteiger partial charge in [-0.25, -0.2) is 4.79 Å². The Labute approximate surface area is 99.1 Å². The zero-order valence-electron chi connectivity index (χ0n) is 10.6. The van der Waals surface area contributed by atoms with Crippen molar-refractivity contribution in [2.75, 3.05) is 0 Å². The summed E-state index contributed by atoms with van der Waals surface area (Å²) in [5.74, 6) is -0.0377. The standard InChI is InChI=1S/C13H22O2Si/c1-16(2,3)10-11-9-13(15-12(11)14)7-5-4-6-8-13/h10H,4-9H2,1-3H3/b11-10-. The van der Waals surface area contributed by atoms with Crippen molar-refractivity contribution in [2.45, 2.75) is 63.8 Å². The van der Waals surface area contributed by atoms with E-state index in [0.717, 1.165) is 24.8 Å². The van der Waals surface area contributed by atoms with Crippen molar-refractivity contribution < 1.29 is 9.53 Å². The molecule has 0 aromatic carbocycles. The summed E-state index contributed by atoms with van der Waals surface area (Å²) in [5.41, 5.74) is 3.07. The molecule has 1 saturated carbocycles. The van der Waals surface area contributed by atoms with Crippen LogP contribution in [0, 0.1) is 0 Å². The van der Waals surface area contributed by atoms with Crippen LogP contribution in [0.1, 0.15) is 38.5 Å². The molecule has 0 N–H and O–H groups in total. The first-order chi connectivity index (χ1) is 7.40. The van der Waals surface area contributed by atoms with Crippen LogP contribution in [-0.4, -0.2) is 19.6 Å². The van der Waals surface area contributed by atoms with E-state index in [1.165, 1.54) is 19.3 Å². The first kappa shape index (κ1) is 11.9. The molecule has 1 saturated heterocycles. The molecule has 1 aliphatic heterocycles. The van der Waals surface area contributed by atoms with Crippen LogP contribution in [0.5, 0.6) is 0 Å². The van der Waals surface area contributed by atoms with Crippen LogP contribution in [0.15, 0.2) is 11.3 Å². The summed E-state index contributed by atoms with van der Waals surface area (Å²) in [6.07, 6.45) is 6.74. The van der Waals surface area contributed by atoms with E-state index in [2.05, 4.69) is 25.3 Å². The molecule has 0 amide bonds. The van der Waals surface area contributed by atoms with E-state index in [1.54, 1.807) is 0 Å². The molecule has 0 radical (unpaired) electrons. The Balaban J connectivity index is 2.15. The lowest BCUT2D eigenvalue weighted by molar-refractivity contribution is -0.148. The monoisotopic (exact) mass is 238 g/mol. The third kappa shape index (κ3) is 2.57. The van der Waals surface area contributed by atoms with Crippen LogP contribution in [0.2, 0.25) is 19.6 Å². The number of hydrogen-bond acceptors (Lipinski definition) is 2. The van der Waals surface area contributed by atoms with Crippen molar-refractivity contribution in [3.8, 4) is 0 Å². The van der Waals surface area contributed by atoms with Crippen molar-refractivity contribution in [1.82, 2.24) is 0 Å². The van der Waals surface area contributed by atoms with E-state index < -0.39 is 8.07 Å². The van der Waals surface area contributed by atoms with Crippen LogP contribution in [0.25, 0.3) is 0 Å². The molecule has 0 bridgehead atoms. The fourth-order valence-electron chi connectivity index (χ4n) is 2.83. The van der Waals surface area contributed by atoms with Gasteiger partial charge in [-0.3, -0.25) is 0 Å². The second kappa shape index (κ2) is 4.02. The average Bonchev–Trinajstić information content (AvgIpc) is 2.41. The average molecular weight is 238 g/mol. The van der Waals surface area contributed by atoms with Crippen molar-refractivity contribution in [3.05, 3.63) is 11.3 Å². The number of carbonyl (C=O) groups excluding carboxylic acids is 1. The van der Waals surface area contributed by atoms with Crippen molar-refractivity contribution in [2.24, 2.45) is 0 Å². The first-order valence-corrected chi connectivity index (χ1v) is 9.93. The SMILES string of the molecule is C[Si](C)(C)/C=C1/CC2(CCCCC2)OC1=O. The Morgan fingerprint density at radius 3 is 2.38 bits per heavy atom. The molecule has 0 atom stereocenters. The largest absolute Gasteiger partial charge is 0.455 e. The Morgan fingerprint density at radius 1 is 1.19 bits per heavy atom. The van der Waals surface area contributed by atoms with Gasteiger partial charge in [-0.05, 0) is 25.7 Å². The Hall–Kier alpha value is -0.573. The molecule has 2 rings (SSSR count). The van der Waals surface area contributed by atoms with Gasteiger partial charge in [0.05, 0.1) is 8.07 Å². The van der Waals surface area contributed by atoms with Crippen molar-refractivity contribution >= 4 is 14.0 Å². The fraction of sp³-hybridized carbons (Fsp3) is 0.769. The molecule has 90 valence electrons. The summed E-state index contributed by atoms with van der Waals surface area (Å²) in [5, 5.41) is 0. The lowest BCUT2D eigenvalue weighted by atomic mass is 9.82. The van der Waals surface area contributed by atoms with E-state index in [0.29, 0.717) is 0 Å². The summed E-state index contributed by atoms with van der Waals surface area (Å²) in [4.78, 5) is 11.9. The lowest BCUT2D eigenvalue weighted by Crippen LogP contribution is -2.30. The van der Waals surface area contributed by atoms with Crippen molar-refractivity contribution in [1.29, 1.82) is 0 Å². The minimum absolute atomic E-state index is 0.0377. The summed E-state index contributed by atoms with van der Waals surface area (Å²) in [6.45, 7) is 6.79. The number of hydrogen-bond donors (Lipinski definition) is 0. The maximum atomic E-state index is 11.9. The summed E-state index contributed by atoms with van der Waals surface area (Å²) in [7, 11) is -1.31. The molecule has 1 heterocycles. The van der Waals surface area contributed by atoms with E-state index >= 15 is 0 Å². The van der Waals surface area contributed by atoms with Crippen LogP contribution < -0.4 is 0 Å². The van der Waals surface area contributed by atoms with Gasteiger partial charge in [0.2, 0.25) is 0 Å². The maximum absolute atomic E-state index is 11.9. The number of esters is 1. The van der Waals surface area contributed by atoms with Crippen LogP contribution in [-0.2, 0) is 9.53 Å². The highest BCUT2D eigenvalue weighted by Crippen LogP contribution is 2.42. The third-order valence-electron chi connectivity index (χ3n) is 3.46. The highest BCUT2D eigenvalue weighted by Gasteiger charge is 2.44. The zero-order valence-corrected chi connectivity index (χ0v) is 11.6. The zero-order chi connectivity index (χ0) is 11.8. The van der Waals surface area contributed by atoms with Gasteiger partial charge in [-0.15, -0.1) is 0 Å². The normalized spacial score (nSPS) is 27.4. The highest BCUT2D eigenvalue weighted by atomic mass is 28.3. The summed E-state index contributed by atoms with van der Waals surface area (Å²) >= 11 is 0. The van der Waals surface area contributed by atoms with E-state index in [4.69, 9.17) is 4.74 Å². The minimum atomic E-state index is -1.31. The molecular formula is C13H22O2Si.